The van der Waals surface area contributed by atoms with Gasteiger partial charge in [0, 0.05) is 24.1 Å². The molecule has 0 radical (unpaired) electrons. The second-order valence-corrected chi connectivity index (χ2v) is 3.55. The van der Waals surface area contributed by atoms with Crippen molar-refractivity contribution in [2.75, 3.05) is 6.61 Å². The number of aromatic nitrogens is 1. The van der Waals surface area contributed by atoms with Crippen molar-refractivity contribution in [3.63, 3.8) is 0 Å². The summed E-state index contributed by atoms with van der Waals surface area (Å²) >= 11 is 6.20. The summed E-state index contributed by atoms with van der Waals surface area (Å²) in [5.41, 5.74) is 1.12. The molecule has 1 aromatic heterocycles. The number of rotatable bonds is 2. The third-order valence-electron chi connectivity index (χ3n) is 2.27. The van der Waals surface area contributed by atoms with Crippen LogP contribution < -0.4 is 4.74 Å². The van der Waals surface area contributed by atoms with Gasteiger partial charge in [0.1, 0.15) is 5.75 Å². The average Bonchev–Trinajstić information content (AvgIpc) is 2.54. The van der Waals surface area contributed by atoms with Crippen molar-refractivity contribution >= 4 is 22.5 Å². The topological polar surface area (TPSA) is 14.2 Å². The predicted octanol–water partition coefficient (Wildman–Crippen LogP) is 3.23. The number of halogens is 1. The SMILES string of the molecule is CCOc1ccc2c(ccn2C)c1Cl. The Balaban J connectivity index is 2.63. The van der Waals surface area contributed by atoms with Gasteiger partial charge in [-0.3, -0.25) is 0 Å². The summed E-state index contributed by atoms with van der Waals surface area (Å²) in [5, 5.41) is 1.74. The van der Waals surface area contributed by atoms with E-state index in [9.17, 15) is 0 Å². The van der Waals surface area contributed by atoms with Gasteiger partial charge in [0.25, 0.3) is 0 Å². The van der Waals surface area contributed by atoms with Crippen LogP contribution in [0, 0.1) is 0 Å². The molecule has 0 unspecified atom stereocenters. The van der Waals surface area contributed by atoms with Crippen molar-refractivity contribution in [2.45, 2.75) is 6.92 Å². The molecule has 0 aliphatic heterocycles. The molecule has 74 valence electrons. The van der Waals surface area contributed by atoms with Crippen LogP contribution in [0.15, 0.2) is 24.4 Å². The Morgan fingerprint density at radius 2 is 2.14 bits per heavy atom. The second-order valence-electron chi connectivity index (χ2n) is 3.17. The Kier molecular flexibility index (Phi) is 2.38. The van der Waals surface area contributed by atoms with Crippen molar-refractivity contribution in [1.29, 1.82) is 0 Å². The fourth-order valence-electron chi connectivity index (χ4n) is 1.56. The monoisotopic (exact) mass is 209 g/mol. The first kappa shape index (κ1) is 9.41. The van der Waals surface area contributed by atoms with E-state index >= 15 is 0 Å². The van der Waals surface area contributed by atoms with Crippen LogP contribution >= 0.6 is 11.6 Å². The molecule has 0 atom stereocenters. The van der Waals surface area contributed by atoms with Crippen molar-refractivity contribution in [3.05, 3.63) is 29.4 Å². The quantitative estimate of drug-likeness (QED) is 0.741. The molecule has 3 heteroatoms. The highest BCUT2D eigenvalue weighted by Crippen LogP contribution is 2.32. The average molecular weight is 210 g/mol. The number of hydrogen-bond donors (Lipinski definition) is 0. The Bertz CT molecular complexity index is 462. The van der Waals surface area contributed by atoms with Gasteiger partial charge in [-0.15, -0.1) is 0 Å². The van der Waals surface area contributed by atoms with Gasteiger partial charge in [-0.25, -0.2) is 0 Å². The van der Waals surface area contributed by atoms with Crippen LogP contribution in [-0.4, -0.2) is 11.2 Å². The van der Waals surface area contributed by atoms with E-state index in [0.717, 1.165) is 16.7 Å². The van der Waals surface area contributed by atoms with Gasteiger partial charge < -0.3 is 9.30 Å². The lowest BCUT2D eigenvalue weighted by Crippen LogP contribution is -1.92. The molecular weight excluding hydrogens is 198 g/mol. The Morgan fingerprint density at radius 3 is 2.86 bits per heavy atom. The minimum Gasteiger partial charge on any atom is -0.492 e. The van der Waals surface area contributed by atoms with Gasteiger partial charge in [-0.2, -0.15) is 0 Å². The summed E-state index contributed by atoms with van der Waals surface area (Å²) in [6.45, 7) is 2.59. The van der Waals surface area contributed by atoms with Crippen LogP contribution in [0.3, 0.4) is 0 Å². The minimum absolute atomic E-state index is 0.637. The molecule has 0 saturated carbocycles. The van der Waals surface area contributed by atoms with Crippen LogP contribution in [-0.2, 0) is 7.05 Å². The van der Waals surface area contributed by atoms with Gasteiger partial charge in [0.05, 0.1) is 11.6 Å². The van der Waals surface area contributed by atoms with Gasteiger partial charge in [-0.05, 0) is 25.1 Å². The molecule has 1 heterocycles. The Labute approximate surface area is 88.0 Å². The number of hydrogen-bond acceptors (Lipinski definition) is 1. The molecule has 0 spiro atoms. The highest BCUT2D eigenvalue weighted by Gasteiger charge is 2.07. The third-order valence-corrected chi connectivity index (χ3v) is 2.66. The summed E-state index contributed by atoms with van der Waals surface area (Å²) in [6, 6.07) is 5.93. The molecule has 2 nitrogen and oxygen atoms in total. The van der Waals surface area contributed by atoms with Gasteiger partial charge in [0.15, 0.2) is 0 Å². The van der Waals surface area contributed by atoms with Gasteiger partial charge in [0.2, 0.25) is 0 Å². The molecule has 0 amide bonds. The summed E-state index contributed by atoms with van der Waals surface area (Å²) in [6.07, 6.45) is 1.99. The smallest absolute Gasteiger partial charge is 0.138 e. The molecule has 0 aliphatic carbocycles. The van der Waals surface area contributed by atoms with Crippen LogP contribution in [0.4, 0.5) is 0 Å². The zero-order chi connectivity index (χ0) is 10.1. The molecule has 0 N–H and O–H groups in total. The van der Waals surface area contributed by atoms with E-state index in [1.807, 2.05) is 42.9 Å². The zero-order valence-corrected chi connectivity index (χ0v) is 9.01. The number of ether oxygens (including phenoxy) is 1. The normalized spacial score (nSPS) is 10.8. The molecule has 0 aliphatic rings. The first-order valence-electron chi connectivity index (χ1n) is 4.60. The van der Waals surface area contributed by atoms with E-state index in [2.05, 4.69) is 0 Å². The van der Waals surface area contributed by atoms with Crippen LogP contribution in [0.25, 0.3) is 10.9 Å². The molecule has 2 aromatic rings. The zero-order valence-electron chi connectivity index (χ0n) is 8.25. The molecule has 2 rings (SSSR count). The summed E-state index contributed by atoms with van der Waals surface area (Å²) < 4.78 is 7.45. The van der Waals surface area contributed by atoms with E-state index in [4.69, 9.17) is 16.3 Å². The van der Waals surface area contributed by atoms with E-state index in [1.54, 1.807) is 0 Å². The van der Waals surface area contributed by atoms with Gasteiger partial charge in [-0.1, -0.05) is 11.6 Å². The van der Waals surface area contributed by atoms with Crippen molar-refractivity contribution < 1.29 is 4.74 Å². The summed E-state index contributed by atoms with van der Waals surface area (Å²) in [4.78, 5) is 0. The van der Waals surface area contributed by atoms with Crippen LogP contribution in [0.5, 0.6) is 5.75 Å². The molecule has 0 bridgehead atoms. The van der Waals surface area contributed by atoms with Crippen molar-refractivity contribution in [3.8, 4) is 5.75 Å². The number of nitrogens with zero attached hydrogens (tertiary/aromatic N) is 1. The first-order chi connectivity index (χ1) is 6.74. The lowest BCUT2D eigenvalue weighted by atomic mass is 10.2. The minimum atomic E-state index is 0.637. The molecular formula is C11H12ClNO. The van der Waals surface area contributed by atoms with E-state index in [1.165, 1.54) is 0 Å². The molecule has 0 saturated heterocycles. The third kappa shape index (κ3) is 1.36. The van der Waals surface area contributed by atoms with Gasteiger partial charge >= 0.3 is 0 Å². The molecule has 0 fully saturated rings. The maximum Gasteiger partial charge on any atom is 0.138 e. The number of benzene rings is 1. The predicted molar refractivity (Wildman–Crippen MR) is 59.1 cm³/mol. The van der Waals surface area contributed by atoms with Crippen molar-refractivity contribution in [2.24, 2.45) is 7.05 Å². The Morgan fingerprint density at radius 1 is 1.36 bits per heavy atom. The largest absolute Gasteiger partial charge is 0.492 e. The summed E-state index contributed by atoms with van der Waals surface area (Å²) in [7, 11) is 2.00. The first-order valence-corrected chi connectivity index (χ1v) is 4.98. The summed E-state index contributed by atoms with van der Waals surface area (Å²) in [5.74, 6) is 0.757. The highest BCUT2D eigenvalue weighted by molar-refractivity contribution is 6.36. The van der Waals surface area contributed by atoms with Crippen LogP contribution in [0.2, 0.25) is 5.02 Å². The number of fused-ring (bicyclic) bond motifs is 1. The molecule has 14 heavy (non-hydrogen) atoms. The second kappa shape index (κ2) is 3.54. The fourth-order valence-corrected chi connectivity index (χ4v) is 1.84. The maximum atomic E-state index is 6.20. The van der Waals surface area contributed by atoms with Crippen LogP contribution in [0.1, 0.15) is 6.92 Å². The van der Waals surface area contributed by atoms with E-state index in [-0.39, 0.29) is 0 Å². The van der Waals surface area contributed by atoms with Crippen molar-refractivity contribution in [1.82, 2.24) is 4.57 Å². The lowest BCUT2D eigenvalue weighted by Gasteiger charge is -2.06. The van der Waals surface area contributed by atoms with E-state index < -0.39 is 0 Å². The van der Waals surface area contributed by atoms with E-state index in [0.29, 0.717) is 11.6 Å². The standard InChI is InChI=1S/C11H12ClNO/c1-3-14-10-5-4-9-8(11(10)12)6-7-13(9)2/h4-7H,3H2,1-2H3. The number of aryl methyl sites for hydroxylation is 1. The maximum absolute atomic E-state index is 6.20. The Hall–Kier alpha value is -1.15. The highest BCUT2D eigenvalue weighted by atomic mass is 35.5. The fraction of sp³-hybridized carbons (Fsp3) is 0.273. The molecule has 1 aromatic carbocycles. The lowest BCUT2D eigenvalue weighted by molar-refractivity contribution is 0.341.